The second-order valence-electron chi connectivity index (χ2n) is 5.12. The third-order valence-corrected chi connectivity index (χ3v) is 3.65. The van der Waals surface area contributed by atoms with E-state index in [9.17, 15) is 14.4 Å². The lowest BCUT2D eigenvalue weighted by Crippen LogP contribution is -2.42. The summed E-state index contributed by atoms with van der Waals surface area (Å²) < 4.78 is 4.69. The summed E-state index contributed by atoms with van der Waals surface area (Å²) in [7, 11) is 1.28. The fourth-order valence-electron chi connectivity index (χ4n) is 2.47. The second kappa shape index (κ2) is 7.06. The van der Waals surface area contributed by atoms with E-state index in [1.165, 1.54) is 18.9 Å². The predicted octanol–water partition coefficient (Wildman–Crippen LogP) is 2.02. The van der Waals surface area contributed by atoms with Crippen LogP contribution in [0.25, 0.3) is 0 Å². The highest BCUT2D eigenvalue weighted by atomic mass is 16.5. The van der Waals surface area contributed by atoms with Gasteiger partial charge in [-0.1, -0.05) is 6.08 Å². The maximum atomic E-state index is 12.7. The zero-order valence-electron chi connectivity index (χ0n) is 13.6. The number of esters is 1. The van der Waals surface area contributed by atoms with Gasteiger partial charge in [0.15, 0.2) is 5.78 Å². The Morgan fingerprint density at radius 1 is 1.36 bits per heavy atom. The van der Waals surface area contributed by atoms with E-state index in [0.717, 1.165) is 0 Å². The van der Waals surface area contributed by atoms with E-state index in [-0.39, 0.29) is 23.9 Å². The first kappa shape index (κ1) is 17.7. The summed E-state index contributed by atoms with van der Waals surface area (Å²) in [6.07, 6.45) is 1.57. The Morgan fingerprint density at radius 2 is 1.95 bits per heavy atom. The van der Waals surface area contributed by atoms with Crippen molar-refractivity contribution in [1.29, 1.82) is 0 Å². The number of nitrogens with zero attached hydrogens (tertiary/aromatic N) is 1. The molecule has 0 bridgehead atoms. The van der Waals surface area contributed by atoms with Gasteiger partial charge in [0.2, 0.25) is 5.91 Å². The number of hydrogen-bond donors (Lipinski definition) is 1. The number of ether oxygens (including phenoxy) is 1. The highest BCUT2D eigenvalue weighted by molar-refractivity contribution is 6.06. The van der Waals surface area contributed by atoms with E-state index in [0.29, 0.717) is 16.8 Å². The van der Waals surface area contributed by atoms with Gasteiger partial charge in [0.05, 0.1) is 13.2 Å². The van der Waals surface area contributed by atoms with E-state index < -0.39 is 12.0 Å². The van der Waals surface area contributed by atoms with Crippen LogP contribution in [0.5, 0.6) is 0 Å². The van der Waals surface area contributed by atoms with E-state index in [1.54, 1.807) is 26.8 Å². The third-order valence-electron chi connectivity index (χ3n) is 3.65. The number of hydrogen-bond acceptors (Lipinski definition) is 4. The Morgan fingerprint density at radius 3 is 2.41 bits per heavy atom. The molecule has 1 amide bonds. The number of aromatic nitrogens is 1. The molecule has 120 valence electrons. The highest BCUT2D eigenvalue weighted by Crippen LogP contribution is 2.22. The average Bonchev–Trinajstić information content (AvgIpc) is 2.77. The van der Waals surface area contributed by atoms with Crippen LogP contribution >= 0.6 is 0 Å². The number of nitrogens with one attached hydrogen (secondary N) is 1. The van der Waals surface area contributed by atoms with Crippen molar-refractivity contribution in [3.05, 3.63) is 35.2 Å². The minimum Gasteiger partial charge on any atom is -0.464 e. The molecule has 1 aromatic rings. The smallest absolute Gasteiger partial charge is 0.354 e. The molecule has 0 saturated heterocycles. The van der Waals surface area contributed by atoms with Crippen LogP contribution in [-0.4, -0.2) is 47.2 Å². The van der Waals surface area contributed by atoms with Crippen molar-refractivity contribution in [2.24, 2.45) is 0 Å². The van der Waals surface area contributed by atoms with Crippen LogP contribution < -0.4 is 0 Å². The lowest BCUT2D eigenvalue weighted by Gasteiger charge is -2.26. The van der Waals surface area contributed by atoms with Crippen LogP contribution in [-0.2, 0) is 9.53 Å². The number of H-pyrrole nitrogens is 1. The second-order valence-corrected chi connectivity index (χ2v) is 5.12. The first-order valence-corrected chi connectivity index (χ1v) is 6.96. The van der Waals surface area contributed by atoms with Gasteiger partial charge in [0.1, 0.15) is 5.69 Å². The maximum Gasteiger partial charge on any atom is 0.354 e. The van der Waals surface area contributed by atoms with Gasteiger partial charge >= 0.3 is 5.97 Å². The molecule has 1 atom stereocenters. The molecule has 0 aliphatic rings. The molecule has 0 saturated carbocycles. The summed E-state index contributed by atoms with van der Waals surface area (Å²) in [6.45, 7) is 10.4. The normalized spacial score (nSPS) is 11.7. The van der Waals surface area contributed by atoms with Gasteiger partial charge in [-0.3, -0.25) is 9.59 Å². The van der Waals surface area contributed by atoms with Crippen LogP contribution in [0.3, 0.4) is 0 Å². The first-order valence-electron chi connectivity index (χ1n) is 6.96. The lowest BCUT2D eigenvalue weighted by atomic mass is 10.00. The summed E-state index contributed by atoms with van der Waals surface area (Å²) >= 11 is 0. The summed E-state index contributed by atoms with van der Waals surface area (Å²) in [5, 5.41) is 0. The highest BCUT2D eigenvalue weighted by Gasteiger charge is 2.29. The third kappa shape index (κ3) is 3.27. The Hall–Kier alpha value is -2.37. The van der Waals surface area contributed by atoms with Crippen molar-refractivity contribution in [1.82, 2.24) is 9.88 Å². The molecule has 0 aliphatic heterocycles. The van der Waals surface area contributed by atoms with Crippen molar-refractivity contribution in [2.75, 3.05) is 13.7 Å². The van der Waals surface area contributed by atoms with Gasteiger partial charge in [0.25, 0.3) is 0 Å². The summed E-state index contributed by atoms with van der Waals surface area (Å²) in [6, 6.07) is -0.644. The van der Waals surface area contributed by atoms with Gasteiger partial charge < -0.3 is 14.6 Å². The minimum absolute atomic E-state index is 0.209. The molecule has 0 fully saturated rings. The van der Waals surface area contributed by atoms with Gasteiger partial charge in [-0.2, -0.15) is 0 Å². The van der Waals surface area contributed by atoms with Crippen LogP contribution in [0, 0.1) is 13.8 Å². The quantitative estimate of drug-likeness (QED) is 0.495. The largest absolute Gasteiger partial charge is 0.464 e. The number of rotatable bonds is 6. The molecule has 0 radical (unpaired) electrons. The molecule has 22 heavy (non-hydrogen) atoms. The summed E-state index contributed by atoms with van der Waals surface area (Å²) in [5.74, 6) is -0.958. The molecule has 0 aliphatic carbocycles. The number of methoxy groups -OCH3 is 1. The number of ketones is 1. The van der Waals surface area contributed by atoms with Crippen LogP contribution in [0.4, 0.5) is 0 Å². The van der Waals surface area contributed by atoms with Crippen molar-refractivity contribution < 1.29 is 19.1 Å². The number of aromatic amines is 1. The van der Waals surface area contributed by atoms with Crippen molar-refractivity contribution >= 4 is 17.7 Å². The van der Waals surface area contributed by atoms with Crippen molar-refractivity contribution in [3.63, 3.8) is 0 Å². The number of aryl methyl sites for hydroxylation is 1. The molecule has 6 heteroatoms. The molecule has 1 heterocycles. The van der Waals surface area contributed by atoms with Gasteiger partial charge in [0, 0.05) is 24.7 Å². The number of carbonyl (C=O) groups excluding carboxylic acids is 3. The molecule has 1 aromatic heterocycles. The SMILES string of the molecule is C=CCN(C(C)=O)C(C)C(=O)c1c(C)[nH]c(C(=O)OC)c1C. The average molecular weight is 306 g/mol. The summed E-state index contributed by atoms with van der Waals surface area (Å²) in [5.41, 5.74) is 1.79. The fraction of sp³-hybridized carbons (Fsp3) is 0.438. The standard InChI is InChI=1S/C16H22N2O4/c1-7-8-18(12(5)19)11(4)15(20)13-9(2)14(16(21)22-6)17-10(13)3/h7,11,17H,1,8H2,2-6H3. The van der Waals surface area contributed by atoms with Crippen LogP contribution in [0.1, 0.15) is 46.0 Å². The zero-order chi connectivity index (χ0) is 17.0. The Balaban J connectivity index is 3.22. The van der Waals surface area contributed by atoms with E-state index in [1.807, 2.05) is 0 Å². The fourth-order valence-corrected chi connectivity index (χ4v) is 2.47. The Bertz CT molecular complexity index is 616. The lowest BCUT2D eigenvalue weighted by molar-refractivity contribution is -0.129. The monoisotopic (exact) mass is 306 g/mol. The molecule has 6 nitrogen and oxygen atoms in total. The molecule has 1 unspecified atom stereocenters. The summed E-state index contributed by atoms with van der Waals surface area (Å²) in [4.78, 5) is 40.4. The zero-order valence-corrected chi connectivity index (χ0v) is 13.6. The van der Waals surface area contributed by atoms with Gasteiger partial charge in [-0.05, 0) is 26.3 Å². The van der Waals surface area contributed by atoms with E-state index in [2.05, 4.69) is 11.6 Å². The topological polar surface area (TPSA) is 79.5 Å². The molecule has 0 aromatic carbocycles. The van der Waals surface area contributed by atoms with Crippen LogP contribution in [0.15, 0.2) is 12.7 Å². The van der Waals surface area contributed by atoms with E-state index >= 15 is 0 Å². The molecular formula is C16H22N2O4. The molecule has 1 N–H and O–H groups in total. The minimum atomic E-state index is -0.644. The van der Waals surface area contributed by atoms with Crippen molar-refractivity contribution in [2.45, 2.75) is 33.7 Å². The van der Waals surface area contributed by atoms with E-state index in [4.69, 9.17) is 4.74 Å². The number of carbonyl (C=O) groups is 3. The van der Waals surface area contributed by atoms with Crippen molar-refractivity contribution in [3.8, 4) is 0 Å². The molecule has 0 spiro atoms. The van der Waals surface area contributed by atoms with Crippen LogP contribution in [0.2, 0.25) is 0 Å². The first-order chi connectivity index (χ1) is 10.3. The van der Waals surface area contributed by atoms with Gasteiger partial charge in [-0.15, -0.1) is 6.58 Å². The predicted molar refractivity (Wildman–Crippen MR) is 83.0 cm³/mol. The maximum absolute atomic E-state index is 12.7. The molecular weight excluding hydrogens is 284 g/mol. The van der Waals surface area contributed by atoms with Gasteiger partial charge in [-0.25, -0.2) is 4.79 Å². The Kier molecular flexibility index (Phi) is 5.68. The number of Topliss-reactive ketones (excluding diaryl/α,β-unsaturated/α-hetero) is 1. The molecule has 1 rings (SSSR count). The number of amides is 1. The Labute approximate surface area is 130 Å².